The Kier molecular flexibility index (Phi) is 3.98. The van der Waals surface area contributed by atoms with E-state index in [1.165, 1.54) is 0 Å². The summed E-state index contributed by atoms with van der Waals surface area (Å²) in [5.41, 5.74) is 5.30. The zero-order valence-corrected chi connectivity index (χ0v) is 9.38. The molecule has 0 unspecified atom stereocenters. The highest BCUT2D eigenvalue weighted by Gasteiger charge is 2.19. The van der Waals surface area contributed by atoms with Crippen molar-refractivity contribution in [3.05, 3.63) is 16.3 Å². The molecule has 0 aliphatic carbocycles. The van der Waals surface area contributed by atoms with E-state index in [-0.39, 0.29) is 17.5 Å². The van der Waals surface area contributed by atoms with Crippen LogP contribution in [0, 0.1) is 10.1 Å². The number of rotatable bonds is 5. The zero-order valence-electron chi connectivity index (χ0n) is 9.38. The summed E-state index contributed by atoms with van der Waals surface area (Å²) in [6, 6.07) is 0. The molecule has 7 nitrogen and oxygen atoms in total. The third-order valence-electron chi connectivity index (χ3n) is 2.17. The minimum atomic E-state index is -0.503. The van der Waals surface area contributed by atoms with Crippen LogP contribution in [-0.4, -0.2) is 28.5 Å². The molecular weight excluding hydrogens is 210 g/mol. The molecule has 0 radical (unpaired) electrons. The van der Waals surface area contributed by atoms with Crippen molar-refractivity contribution in [2.24, 2.45) is 0 Å². The molecule has 7 heteroatoms. The number of nitrogens with two attached hydrogens (primary N) is 1. The molecule has 2 N–H and O–H groups in total. The standard InChI is InChI=1S/C9H15N5O2/c1-3-4-5-13(2)8-7(14(15)16)6-11-9(10)12-8/h6H,3-5H2,1-2H3,(H2,10,11,12). The van der Waals surface area contributed by atoms with E-state index >= 15 is 0 Å². The summed E-state index contributed by atoms with van der Waals surface area (Å²) >= 11 is 0. The van der Waals surface area contributed by atoms with E-state index in [2.05, 4.69) is 16.9 Å². The third kappa shape index (κ3) is 2.78. The fraction of sp³-hybridized carbons (Fsp3) is 0.556. The predicted molar refractivity (Wildman–Crippen MR) is 61.3 cm³/mol. The van der Waals surface area contributed by atoms with Crippen LogP contribution in [0.5, 0.6) is 0 Å². The normalized spacial score (nSPS) is 10.1. The van der Waals surface area contributed by atoms with Crippen LogP contribution < -0.4 is 10.6 Å². The first-order valence-electron chi connectivity index (χ1n) is 5.04. The maximum absolute atomic E-state index is 10.8. The van der Waals surface area contributed by atoms with E-state index in [1.807, 2.05) is 0 Å². The smallest absolute Gasteiger partial charge is 0.329 e. The fourth-order valence-corrected chi connectivity index (χ4v) is 1.29. The SMILES string of the molecule is CCCCN(C)c1nc(N)ncc1[N+](=O)[O-]. The van der Waals surface area contributed by atoms with E-state index in [4.69, 9.17) is 5.73 Å². The number of unbranched alkanes of at least 4 members (excludes halogenated alkanes) is 1. The van der Waals surface area contributed by atoms with Crippen molar-refractivity contribution in [3.63, 3.8) is 0 Å². The van der Waals surface area contributed by atoms with Crippen LogP contribution in [-0.2, 0) is 0 Å². The summed E-state index contributed by atoms with van der Waals surface area (Å²) in [5.74, 6) is 0.315. The Morgan fingerprint density at radius 2 is 2.31 bits per heavy atom. The van der Waals surface area contributed by atoms with E-state index in [9.17, 15) is 10.1 Å². The van der Waals surface area contributed by atoms with Crippen LogP contribution >= 0.6 is 0 Å². The summed E-state index contributed by atoms with van der Waals surface area (Å²) in [4.78, 5) is 19.5. The van der Waals surface area contributed by atoms with Crippen LogP contribution in [0.4, 0.5) is 17.5 Å². The van der Waals surface area contributed by atoms with Crippen molar-refractivity contribution >= 4 is 17.5 Å². The molecule has 0 aliphatic rings. The molecule has 1 aromatic heterocycles. The topological polar surface area (TPSA) is 98.2 Å². The van der Waals surface area contributed by atoms with E-state index in [0.717, 1.165) is 19.0 Å². The van der Waals surface area contributed by atoms with Crippen LogP contribution in [0.2, 0.25) is 0 Å². The van der Waals surface area contributed by atoms with E-state index in [0.29, 0.717) is 6.54 Å². The molecule has 88 valence electrons. The van der Waals surface area contributed by atoms with Gasteiger partial charge in [0.25, 0.3) is 0 Å². The van der Waals surface area contributed by atoms with Crippen molar-refractivity contribution in [2.75, 3.05) is 24.2 Å². The van der Waals surface area contributed by atoms with Gasteiger partial charge in [-0.3, -0.25) is 10.1 Å². The maximum atomic E-state index is 10.8. The lowest BCUT2D eigenvalue weighted by Gasteiger charge is -2.17. The van der Waals surface area contributed by atoms with Gasteiger partial charge in [0.1, 0.15) is 6.20 Å². The molecule has 0 amide bonds. The number of aromatic nitrogens is 2. The highest BCUT2D eigenvalue weighted by molar-refractivity contribution is 5.57. The molecular formula is C9H15N5O2. The van der Waals surface area contributed by atoms with Gasteiger partial charge in [0.2, 0.25) is 11.8 Å². The summed E-state index contributed by atoms with van der Waals surface area (Å²) < 4.78 is 0. The van der Waals surface area contributed by atoms with E-state index < -0.39 is 4.92 Å². The van der Waals surface area contributed by atoms with Crippen LogP contribution in [0.3, 0.4) is 0 Å². The van der Waals surface area contributed by atoms with Gasteiger partial charge in [0.05, 0.1) is 4.92 Å². The second-order valence-electron chi connectivity index (χ2n) is 3.47. The highest BCUT2D eigenvalue weighted by Crippen LogP contribution is 2.24. The Balaban J connectivity index is 2.99. The number of hydrogen-bond donors (Lipinski definition) is 1. The highest BCUT2D eigenvalue weighted by atomic mass is 16.6. The lowest BCUT2D eigenvalue weighted by Crippen LogP contribution is -2.21. The van der Waals surface area contributed by atoms with Gasteiger partial charge in [0.15, 0.2) is 0 Å². The Labute approximate surface area is 93.4 Å². The molecule has 0 saturated carbocycles. The number of nitrogen functional groups attached to an aromatic ring is 1. The van der Waals surface area contributed by atoms with Crippen molar-refractivity contribution < 1.29 is 4.92 Å². The largest absolute Gasteiger partial charge is 0.368 e. The van der Waals surface area contributed by atoms with Gasteiger partial charge in [-0.2, -0.15) is 4.98 Å². The Bertz CT molecular complexity index is 382. The molecule has 0 aromatic carbocycles. The third-order valence-corrected chi connectivity index (χ3v) is 2.17. The molecule has 16 heavy (non-hydrogen) atoms. The minimum Gasteiger partial charge on any atom is -0.368 e. The minimum absolute atomic E-state index is 0.0453. The molecule has 1 rings (SSSR count). The van der Waals surface area contributed by atoms with Gasteiger partial charge in [-0.15, -0.1) is 0 Å². The first-order valence-corrected chi connectivity index (χ1v) is 5.04. The lowest BCUT2D eigenvalue weighted by atomic mass is 10.3. The summed E-state index contributed by atoms with van der Waals surface area (Å²) in [6.07, 6.45) is 3.09. The first-order chi connectivity index (χ1) is 7.56. The van der Waals surface area contributed by atoms with Gasteiger partial charge in [-0.25, -0.2) is 4.98 Å². The van der Waals surface area contributed by atoms with Gasteiger partial charge in [0, 0.05) is 13.6 Å². The fourth-order valence-electron chi connectivity index (χ4n) is 1.29. The second-order valence-corrected chi connectivity index (χ2v) is 3.47. The summed E-state index contributed by atoms with van der Waals surface area (Å²) in [6.45, 7) is 2.75. The molecule has 0 spiro atoms. The number of nitro groups is 1. The number of hydrogen-bond acceptors (Lipinski definition) is 6. The molecule has 0 fully saturated rings. The Hall–Kier alpha value is -1.92. The maximum Gasteiger partial charge on any atom is 0.329 e. The average Bonchev–Trinajstić information content (AvgIpc) is 2.25. The number of nitrogens with zero attached hydrogens (tertiary/aromatic N) is 4. The second kappa shape index (κ2) is 5.24. The van der Waals surface area contributed by atoms with Crippen molar-refractivity contribution in [1.82, 2.24) is 9.97 Å². The summed E-state index contributed by atoms with van der Waals surface area (Å²) in [5, 5.41) is 10.8. The molecule has 0 atom stereocenters. The predicted octanol–water partition coefficient (Wildman–Crippen LogP) is 1.20. The molecule has 1 heterocycles. The monoisotopic (exact) mass is 225 g/mol. The number of anilines is 2. The summed E-state index contributed by atoms with van der Waals surface area (Å²) in [7, 11) is 1.75. The average molecular weight is 225 g/mol. The molecule has 0 aliphatic heterocycles. The van der Waals surface area contributed by atoms with Gasteiger partial charge in [-0.1, -0.05) is 13.3 Å². The van der Waals surface area contributed by atoms with Gasteiger partial charge in [-0.05, 0) is 6.42 Å². The lowest BCUT2D eigenvalue weighted by molar-refractivity contribution is -0.384. The van der Waals surface area contributed by atoms with Crippen LogP contribution in [0.25, 0.3) is 0 Å². The molecule has 0 bridgehead atoms. The zero-order chi connectivity index (χ0) is 12.1. The van der Waals surface area contributed by atoms with Crippen molar-refractivity contribution in [2.45, 2.75) is 19.8 Å². The van der Waals surface area contributed by atoms with Crippen molar-refractivity contribution in [3.8, 4) is 0 Å². The van der Waals surface area contributed by atoms with E-state index in [1.54, 1.807) is 11.9 Å². The first kappa shape index (κ1) is 12.2. The van der Waals surface area contributed by atoms with Gasteiger partial charge < -0.3 is 10.6 Å². The van der Waals surface area contributed by atoms with Gasteiger partial charge >= 0.3 is 5.69 Å². The Morgan fingerprint density at radius 3 is 2.88 bits per heavy atom. The van der Waals surface area contributed by atoms with Crippen LogP contribution in [0.1, 0.15) is 19.8 Å². The van der Waals surface area contributed by atoms with Crippen LogP contribution in [0.15, 0.2) is 6.20 Å². The molecule has 1 aromatic rings. The quantitative estimate of drug-likeness (QED) is 0.597. The Morgan fingerprint density at radius 1 is 1.62 bits per heavy atom. The molecule has 0 saturated heterocycles. The van der Waals surface area contributed by atoms with Crippen molar-refractivity contribution in [1.29, 1.82) is 0 Å².